The van der Waals surface area contributed by atoms with Crippen molar-refractivity contribution in [1.29, 1.82) is 0 Å². The molecule has 1 saturated heterocycles. The lowest BCUT2D eigenvalue weighted by molar-refractivity contribution is -0.141. The van der Waals surface area contributed by atoms with Crippen LogP contribution in [-0.2, 0) is 4.79 Å². The van der Waals surface area contributed by atoms with E-state index in [0.29, 0.717) is 6.54 Å². The molecule has 4 nitrogen and oxygen atoms in total. The summed E-state index contributed by atoms with van der Waals surface area (Å²) in [5.41, 5.74) is 1.97. The van der Waals surface area contributed by atoms with Gasteiger partial charge in [0.2, 0.25) is 0 Å². The van der Waals surface area contributed by atoms with Crippen molar-refractivity contribution < 1.29 is 9.90 Å². The number of thiophene rings is 1. The average Bonchev–Trinajstić information content (AvgIpc) is 2.94. The van der Waals surface area contributed by atoms with Crippen molar-refractivity contribution in [2.45, 2.75) is 12.8 Å². The summed E-state index contributed by atoms with van der Waals surface area (Å²) < 4.78 is 0.758. The maximum absolute atomic E-state index is 11.1. The number of piperidine rings is 1. The van der Waals surface area contributed by atoms with Crippen LogP contribution in [0.3, 0.4) is 0 Å². The molecule has 1 fully saturated rings. The molecular weight excluding hydrogens is 308 g/mol. The number of carboxylic acid groups (broad SMARTS) is 1. The monoisotopic (exact) mass is 322 g/mol. The summed E-state index contributed by atoms with van der Waals surface area (Å²) >= 11 is 7.63. The zero-order valence-corrected chi connectivity index (χ0v) is 12.9. The number of hydrogen-bond acceptors (Lipinski definition) is 4. The molecule has 0 radical (unpaired) electrons. The van der Waals surface area contributed by atoms with Gasteiger partial charge in [0.15, 0.2) is 0 Å². The molecular formula is C15H15ClN2O2S. The van der Waals surface area contributed by atoms with Crippen molar-refractivity contribution in [1.82, 2.24) is 4.98 Å². The molecule has 1 N–H and O–H groups in total. The SMILES string of the molecule is O=C(O)C1CCCN(c2ccc(-c3ccsc3Cl)cn2)C1. The second kappa shape index (κ2) is 6.03. The highest BCUT2D eigenvalue weighted by Crippen LogP contribution is 2.33. The van der Waals surface area contributed by atoms with Gasteiger partial charge in [-0.2, -0.15) is 0 Å². The Kier molecular flexibility index (Phi) is 4.12. The van der Waals surface area contributed by atoms with Crippen molar-refractivity contribution in [2.75, 3.05) is 18.0 Å². The van der Waals surface area contributed by atoms with Gasteiger partial charge in [-0.05, 0) is 36.4 Å². The number of pyridine rings is 1. The van der Waals surface area contributed by atoms with Gasteiger partial charge in [-0.3, -0.25) is 4.79 Å². The molecule has 1 unspecified atom stereocenters. The molecule has 2 aromatic rings. The number of aromatic nitrogens is 1. The minimum atomic E-state index is -0.721. The van der Waals surface area contributed by atoms with Crippen LogP contribution in [0.4, 0.5) is 5.82 Å². The predicted octanol–water partition coefficient (Wildman–Crippen LogP) is 3.76. The van der Waals surface area contributed by atoms with Gasteiger partial charge in [0.1, 0.15) is 10.2 Å². The van der Waals surface area contributed by atoms with E-state index in [-0.39, 0.29) is 5.92 Å². The van der Waals surface area contributed by atoms with Gasteiger partial charge < -0.3 is 10.0 Å². The topological polar surface area (TPSA) is 53.4 Å². The average molecular weight is 323 g/mol. The summed E-state index contributed by atoms with van der Waals surface area (Å²) in [6, 6.07) is 5.90. The summed E-state index contributed by atoms with van der Waals surface area (Å²) in [7, 11) is 0. The fourth-order valence-corrected chi connectivity index (χ4v) is 3.58. The number of carbonyl (C=O) groups is 1. The maximum atomic E-state index is 11.1. The molecule has 6 heteroatoms. The molecule has 1 atom stereocenters. The van der Waals surface area contributed by atoms with Gasteiger partial charge in [-0.25, -0.2) is 4.98 Å². The van der Waals surface area contributed by atoms with E-state index >= 15 is 0 Å². The van der Waals surface area contributed by atoms with E-state index in [0.717, 1.165) is 40.7 Å². The van der Waals surface area contributed by atoms with Crippen LogP contribution in [0.25, 0.3) is 11.1 Å². The van der Waals surface area contributed by atoms with Crippen molar-refractivity contribution in [3.05, 3.63) is 34.1 Å². The van der Waals surface area contributed by atoms with E-state index in [1.165, 1.54) is 11.3 Å². The summed E-state index contributed by atoms with van der Waals surface area (Å²) in [4.78, 5) is 17.6. The smallest absolute Gasteiger partial charge is 0.308 e. The third-order valence-corrected chi connectivity index (χ3v) is 4.94. The highest BCUT2D eigenvalue weighted by molar-refractivity contribution is 7.15. The van der Waals surface area contributed by atoms with Gasteiger partial charge in [0.05, 0.1) is 5.92 Å². The molecule has 0 aromatic carbocycles. The van der Waals surface area contributed by atoms with E-state index in [1.54, 1.807) is 6.20 Å². The second-order valence-corrected chi connectivity index (χ2v) is 6.65. The fourth-order valence-electron chi connectivity index (χ4n) is 2.62. The van der Waals surface area contributed by atoms with Crippen LogP contribution < -0.4 is 4.90 Å². The molecule has 0 spiro atoms. The first-order valence-corrected chi connectivity index (χ1v) is 8.08. The summed E-state index contributed by atoms with van der Waals surface area (Å²) in [5, 5.41) is 11.1. The first-order chi connectivity index (χ1) is 10.1. The van der Waals surface area contributed by atoms with Gasteiger partial charge in [-0.15, -0.1) is 11.3 Å². The summed E-state index contributed by atoms with van der Waals surface area (Å²) in [6.07, 6.45) is 3.43. The van der Waals surface area contributed by atoms with E-state index in [4.69, 9.17) is 16.7 Å². The highest BCUT2D eigenvalue weighted by Gasteiger charge is 2.26. The lowest BCUT2D eigenvalue weighted by Crippen LogP contribution is -2.39. The fraction of sp³-hybridized carbons (Fsp3) is 0.333. The highest BCUT2D eigenvalue weighted by atomic mass is 35.5. The van der Waals surface area contributed by atoms with Gasteiger partial charge >= 0.3 is 5.97 Å². The zero-order valence-electron chi connectivity index (χ0n) is 11.3. The van der Waals surface area contributed by atoms with Crippen LogP contribution >= 0.6 is 22.9 Å². The molecule has 0 amide bonds. The molecule has 0 saturated carbocycles. The van der Waals surface area contributed by atoms with Crippen LogP contribution in [0.15, 0.2) is 29.8 Å². The van der Waals surface area contributed by atoms with Crippen LogP contribution in [0.1, 0.15) is 12.8 Å². The third-order valence-electron chi connectivity index (χ3n) is 3.77. The number of rotatable bonds is 3. The van der Waals surface area contributed by atoms with Crippen molar-refractivity contribution in [2.24, 2.45) is 5.92 Å². The van der Waals surface area contributed by atoms with Crippen molar-refractivity contribution >= 4 is 34.7 Å². The molecule has 1 aliphatic rings. The van der Waals surface area contributed by atoms with Crippen molar-refractivity contribution in [3.63, 3.8) is 0 Å². The zero-order chi connectivity index (χ0) is 14.8. The Hall–Kier alpha value is -1.59. The Morgan fingerprint density at radius 3 is 2.90 bits per heavy atom. The summed E-state index contributed by atoms with van der Waals surface area (Å²) in [6.45, 7) is 1.39. The van der Waals surface area contributed by atoms with E-state index in [2.05, 4.69) is 4.98 Å². The third kappa shape index (κ3) is 3.04. The minimum Gasteiger partial charge on any atom is -0.481 e. The first-order valence-electron chi connectivity index (χ1n) is 6.82. The number of aliphatic carboxylic acids is 1. The van der Waals surface area contributed by atoms with Crippen molar-refractivity contribution in [3.8, 4) is 11.1 Å². The van der Waals surface area contributed by atoms with Crippen LogP contribution in [0.5, 0.6) is 0 Å². The largest absolute Gasteiger partial charge is 0.481 e. The number of halogens is 1. The Balaban J connectivity index is 1.78. The lowest BCUT2D eigenvalue weighted by atomic mass is 9.98. The predicted molar refractivity (Wildman–Crippen MR) is 85.1 cm³/mol. The molecule has 3 heterocycles. The number of nitrogens with zero attached hydrogens (tertiary/aromatic N) is 2. The van der Waals surface area contributed by atoms with Gasteiger partial charge in [-0.1, -0.05) is 11.6 Å². The quantitative estimate of drug-likeness (QED) is 0.934. The summed E-state index contributed by atoms with van der Waals surface area (Å²) in [5.74, 6) is -0.191. The molecule has 0 aliphatic carbocycles. The number of hydrogen-bond donors (Lipinski definition) is 1. The number of carboxylic acids is 1. The molecule has 1 aliphatic heterocycles. The maximum Gasteiger partial charge on any atom is 0.308 e. The lowest BCUT2D eigenvalue weighted by Gasteiger charge is -2.31. The molecule has 0 bridgehead atoms. The molecule has 2 aromatic heterocycles. The van der Waals surface area contributed by atoms with E-state index < -0.39 is 5.97 Å². The number of anilines is 1. The van der Waals surface area contributed by atoms with Crippen LogP contribution in [0, 0.1) is 5.92 Å². The van der Waals surface area contributed by atoms with E-state index in [1.807, 2.05) is 28.5 Å². The van der Waals surface area contributed by atoms with Crippen LogP contribution in [0.2, 0.25) is 4.34 Å². The Morgan fingerprint density at radius 2 is 2.29 bits per heavy atom. The molecule has 21 heavy (non-hydrogen) atoms. The molecule has 110 valence electrons. The second-order valence-electron chi connectivity index (χ2n) is 5.14. The van der Waals surface area contributed by atoms with Gasteiger partial charge in [0, 0.05) is 30.4 Å². The standard InChI is InChI=1S/C15H15ClN2O2S/c16-14-12(5-7-21-14)10-3-4-13(17-8-10)18-6-1-2-11(9-18)15(19)20/h3-5,7-8,11H,1-2,6,9H2,(H,19,20). The van der Waals surface area contributed by atoms with E-state index in [9.17, 15) is 4.79 Å². The first kappa shape index (κ1) is 14.4. The Morgan fingerprint density at radius 1 is 1.43 bits per heavy atom. The normalized spacial score (nSPS) is 18.7. The Bertz CT molecular complexity index is 641. The minimum absolute atomic E-state index is 0.299. The Labute approximate surface area is 132 Å². The van der Waals surface area contributed by atoms with Gasteiger partial charge in [0.25, 0.3) is 0 Å². The van der Waals surface area contributed by atoms with Crippen LogP contribution in [-0.4, -0.2) is 29.1 Å². The molecule has 3 rings (SSSR count).